The molecule has 1 aromatic heterocycles. The van der Waals surface area contributed by atoms with Crippen LogP contribution in [0.15, 0.2) is 60.8 Å². The third-order valence-corrected chi connectivity index (χ3v) is 4.17. The van der Waals surface area contributed by atoms with E-state index in [1.807, 2.05) is 18.2 Å². The highest BCUT2D eigenvalue weighted by Gasteiger charge is 2.19. The van der Waals surface area contributed by atoms with Crippen LogP contribution in [0.3, 0.4) is 0 Å². The Kier molecular flexibility index (Phi) is 4.64. The van der Waals surface area contributed by atoms with E-state index in [1.54, 1.807) is 24.4 Å². The molecular formula is C20H18FN3O2. The third kappa shape index (κ3) is 3.91. The van der Waals surface area contributed by atoms with Crippen molar-refractivity contribution < 1.29 is 13.9 Å². The Morgan fingerprint density at radius 3 is 2.85 bits per heavy atom. The van der Waals surface area contributed by atoms with Gasteiger partial charge in [0, 0.05) is 24.7 Å². The number of ether oxygens (including phenoxy) is 2. The summed E-state index contributed by atoms with van der Waals surface area (Å²) in [5.41, 5.74) is 1.22. The number of hydrogen-bond donors (Lipinski definition) is 1. The van der Waals surface area contributed by atoms with Crippen molar-refractivity contribution in [3.63, 3.8) is 0 Å². The summed E-state index contributed by atoms with van der Waals surface area (Å²) in [6.45, 7) is 1.37. The summed E-state index contributed by atoms with van der Waals surface area (Å²) >= 11 is 0. The number of halogens is 1. The highest BCUT2D eigenvalue weighted by atomic mass is 19.1. The summed E-state index contributed by atoms with van der Waals surface area (Å²) < 4.78 is 24.4. The molecule has 0 amide bonds. The number of aromatic nitrogens is 2. The summed E-state index contributed by atoms with van der Waals surface area (Å²) in [4.78, 5) is 8.56. The molecule has 2 heterocycles. The first-order valence-electron chi connectivity index (χ1n) is 8.47. The highest BCUT2D eigenvalue weighted by molar-refractivity contribution is 5.36. The molecule has 1 N–H and O–H groups in total. The van der Waals surface area contributed by atoms with Gasteiger partial charge in [-0.1, -0.05) is 18.2 Å². The SMILES string of the molecule is Fc1ccc(Oc2ccnc(NCC3COc4ccccc4C3)n2)cc1. The molecule has 1 aliphatic heterocycles. The number of para-hydroxylation sites is 1. The number of fused-ring (bicyclic) bond motifs is 1. The molecular weight excluding hydrogens is 333 g/mol. The van der Waals surface area contributed by atoms with Crippen LogP contribution in [0.2, 0.25) is 0 Å². The zero-order valence-electron chi connectivity index (χ0n) is 14.1. The van der Waals surface area contributed by atoms with Crippen molar-refractivity contribution in [3.8, 4) is 17.4 Å². The van der Waals surface area contributed by atoms with Crippen molar-refractivity contribution in [2.75, 3.05) is 18.5 Å². The molecule has 2 aromatic carbocycles. The van der Waals surface area contributed by atoms with E-state index in [0.717, 1.165) is 12.2 Å². The molecule has 0 bridgehead atoms. The molecule has 0 saturated heterocycles. The maximum Gasteiger partial charge on any atom is 0.225 e. The molecule has 0 spiro atoms. The number of anilines is 1. The number of nitrogens with zero attached hydrogens (tertiary/aromatic N) is 2. The molecule has 3 aromatic rings. The molecule has 1 unspecified atom stereocenters. The Balaban J connectivity index is 1.36. The van der Waals surface area contributed by atoms with E-state index in [9.17, 15) is 4.39 Å². The molecule has 5 nitrogen and oxygen atoms in total. The highest BCUT2D eigenvalue weighted by Crippen LogP contribution is 2.27. The maximum absolute atomic E-state index is 13.0. The Labute approximate surface area is 150 Å². The fourth-order valence-corrected chi connectivity index (χ4v) is 2.87. The topological polar surface area (TPSA) is 56.3 Å². The minimum atomic E-state index is -0.307. The Bertz CT molecular complexity index is 886. The van der Waals surface area contributed by atoms with Crippen LogP contribution in [0.1, 0.15) is 5.56 Å². The van der Waals surface area contributed by atoms with Crippen molar-refractivity contribution in [2.24, 2.45) is 5.92 Å². The minimum Gasteiger partial charge on any atom is -0.493 e. The zero-order chi connectivity index (χ0) is 17.8. The number of nitrogens with one attached hydrogen (secondary N) is 1. The van der Waals surface area contributed by atoms with E-state index in [2.05, 4.69) is 21.4 Å². The summed E-state index contributed by atoms with van der Waals surface area (Å²) in [5, 5.41) is 3.24. The molecule has 0 radical (unpaired) electrons. The van der Waals surface area contributed by atoms with Gasteiger partial charge in [0.05, 0.1) is 6.61 Å². The van der Waals surface area contributed by atoms with Gasteiger partial charge in [0.15, 0.2) is 0 Å². The van der Waals surface area contributed by atoms with Gasteiger partial charge in [-0.15, -0.1) is 0 Å². The lowest BCUT2D eigenvalue weighted by Gasteiger charge is -2.25. The second-order valence-corrected chi connectivity index (χ2v) is 6.14. The van der Waals surface area contributed by atoms with Crippen molar-refractivity contribution in [1.29, 1.82) is 0 Å². The lowest BCUT2D eigenvalue weighted by atomic mass is 9.97. The summed E-state index contributed by atoms with van der Waals surface area (Å²) in [7, 11) is 0. The lowest BCUT2D eigenvalue weighted by molar-refractivity contribution is 0.229. The Morgan fingerprint density at radius 1 is 1.12 bits per heavy atom. The van der Waals surface area contributed by atoms with Crippen molar-refractivity contribution in [1.82, 2.24) is 9.97 Å². The molecule has 0 saturated carbocycles. The average molecular weight is 351 g/mol. The zero-order valence-corrected chi connectivity index (χ0v) is 14.1. The van der Waals surface area contributed by atoms with Crippen molar-refractivity contribution >= 4 is 5.95 Å². The first-order valence-corrected chi connectivity index (χ1v) is 8.47. The van der Waals surface area contributed by atoms with Crippen LogP contribution >= 0.6 is 0 Å². The molecule has 4 rings (SSSR count). The van der Waals surface area contributed by atoms with Crippen LogP contribution in [-0.2, 0) is 6.42 Å². The lowest BCUT2D eigenvalue weighted by Crippen LogP contribution is -2.27. The van der Waals surface area contributed by atoms with Gasteiger partial charge in [-0.3, -0.25) is 0 Å². The second kappa shape index (κ2) is 7.39. The summed E-state index contributed by atoms with van der Waals surface area (Å²) in [6.07, 6.45) is 2.58. The van der Waals surface area contributed by atoms with Gasteiger partial charge in [-0.05, 0) is 42.3 Å². The number of hydrogen-bond acceptors (Lipinski definition) is 5. The van der Waals surface area contributed by atoms with Gasteiger partial charge in [0.25, 0.3) is 0 Å². The van der Waals surface area contributed by atoms with E-state index in [-0.39, 0.29) is 5.82 Å². The van der Waals surface area contributed by atoms with Crippen LogP contribution in [-0.4, -0.2) is 23.1 Å². The normalized spacial score (nSPS) is 15.7. The van der Waals surface area contributed by atoms with Gasteiger partial charge in [0.2, 0.25) is 11.8 Å². The minimum absolute atomic E-state index is 0.307. The molecule has 1 aliphatic rings. The molecule has 6 heteroatoms. The third-order valence-electron chi connectivity index (χ3n) is 4.17. The van der Waals surface area contributed by atoms with Crippen LogP contribution < -0.4 is 14.8 Å². The largest absolute Gasteiger partial charge is 0.493 e. The fraction of sp³-hybridized carbons (Fsp3) is 0.200. The van der Waals surface area contributed by atoms with Crippen molar-refractivity contribution in [3.05, 3.63) is 72.2 Å². The monoisotopic (exact) mass is 351 g/mol. The van der Waals surface area contributed by atoms with E-state index < -0.39 is 0 Å². The first-order chi connectivity index (χ1) is 12.8. The van der Waals surface area contributed by atoms with Crippen LogP contribution in [0.25, 0.3) is 0 Å². The molecule has 1 atom stereocenters. The van der Waals surface area contributed by atoms with E-state index in [0.29, 0.717) is 36.6 Å². The van der Waals surface area contributed by atoms with Gasteiger partial charge in [-0.25, -0.2) is 9.37 Å². The predicted octanol–water partition coefficient (Wildman–Crippen LogP) is 4.07. The maximum atomic E-state index is 13.0. The van der Waals surface area contributed by atoms with Gasteiger partial charge in [-0.2, -0.15) is 4.98 Å². The van der Waals surface area contributed by atoms with Gasteiger partial charge < -0.3 is 14.8 Å². The molecule has 132 valence electrons. The molecule has 0 aliphatic carbocycles. The van der Waals surface area contributed by atoms with E-state index >= 15 is 0 Å². The molecule has 26 heavy (non-hydrogen) atoms. The van der Waals surface area contributed by atoms with Gasteiger partial charge in [0.1, 0.15) is 17.3 Å². The second-order valence-electron chi connectivity index (χ2n) is 6.14. The van der Waals surface area contributed by atoms with Crippen LogP contribution in [0.4, 0.5) is 10.3 Å². The predicted molar refractivity (Wildman–Crippen MR) is 96.1 cm³/mol. The summed E-state index contributed by atoms with van der Waals surface area (Å²) in [5.74, 6) is 2.42. The summed E-state index contributed by atoms with van der Waals surface area (Å²) in [6, 6.07) is 15.6. The standard InChI is InChI=1S/C20H18FN3O2/c21-16-5-7-17(8-6-16)26-19-9-10-22-20(24-19)23-12-14-11-15-3-1-2-4-18(15)25-13-14/h1-10,14H,11-13H2,(H,22,23,24). The van der Waals surface area contributed by atoms with E-state index in [4.69, 9.17) is 9.47 Å². The fourth-order valence-electron chi connectivity index (χ4n) is 2.87. The quantitative estimate of drug-likeness (QED) is 0.751. The smallest absolute Gasteiger partial charge is 0.225 e. The van der Waals surface area contributed by atoms with Crippen LogP contribution in [0, 0.1) is 11.7 Å². The van der Waals surface area contributed by atoms with Gasteiger partial charge >= 0.3 is 0 Å². The number of benzene rings is 2. The first kappa shape index (κ1) is 16.3. The Morgan fingerprint density at radius 2 is 1.96 bits per heavy atom. The van der Waals surface area contributed by atoms with Crippen LogP contribution in [0.5, 0.6) is 17.4 Å². The number of rotatable bonds is 5. The average Bonchev–Trinajstić information content (AvgIpc) is 2.68. The van der Waals surface area contributed by atoms with E-state index in [1.165, 1.54) is 17.7 Å². The van der Waals surface area contributed by atoms with Crippen molar-refractivity contribution in [2.45, 2.75) is 6.42 Å². The Hall–Kier alpha value is -3.15. The molecule has 0 fully saturated rings.